The standard InChI is InChI=1S/C22H28N4O3/c1-16(26-12-10-23-15-26)13-20(27)24-18-14-22(8-7-21(28)25(2)11-9-22)29-19-6-4-3-5-17(18)19/h3-6,10,12,15-16,18H,7-9,11,13-14H2,1-2H3,(H,24,27). The normalized spacial score (nSPS) is 25.1. The Balaban J connectivity index is 1.52. The van der Waals surface area contributed by atoms with Crippen molar-refractivity contribution in [1.82, 2.24) is 19.8 Å². The Morgan fingerprint density at radius 1 is 1.38 bits per heavy atom. The van der Waals surface area contributed by atoms with Gasteiger partial charge < -0.3 is 19.5 Å². The Hall–Kier alpha value is -2.83. The molecule has 0 radical (unpaired) electrons. The van der Waals surface area contributed by atoms with Gasteiger partial charge in [-0.2, -0.15) is 0 Å². The number of hydrogen-bond donors (Lipinski definition) is 1. The molecule has 7 heteroatoms. The zero-order valence-electron chi connectivity index (χ0n) is 17.0. The Bertz CT molecular complexity index is 882. The molecule has 0 bridgehead atoms. The second kappa shape index (κ2) is 7.89. The van der Waals surface area contributed by atoms with Crippen LogP contribution in [-0.4, -0.2) is 45.5 Å². The maximum atomic E-state index is 12.8. The van der Waals surface area contributed by atoms with Crippen LogP contribution in [0.2, 0.25) is 0 Å². The van der Waals surface area contributed by atoms with E-state index in [2.05, 4.69) is 10.3 Å². The molecule has 2 aliphatic rings. The van der Waals surface area contributed by atoms with Gasteiger partial charge in [0.25, 0.3) is 0 Å². The van der Waals surface area contributed by atoms with Crippen LogP contribution in [-0.2, 0) is 9.59 Å². The third-order valence-corrected chi connectivity index (χ3v) is 6.17. The fourth-order valence-corrected chi connectivity index (χ4v) is 4.36. The smallest absolute Gasteiger partial charge is 0.222 e. The molecule has 0 aliphatic carbocycles. The molecule has 29 heavy (non-hydrogen) atoms. The van der Waals surface area contributed by atoms with Gasteiger partial charge in [0.05, 0.1) is 12.4 Å². The maximum absolute atomic E-state index is 12.8. The summed E-state index contributed by atoms with van der Waals surface area (Å²) in [6.07, 6.45) is 8.28. The molecule has 154 valence electrons. The number of rotatable bonds is 4. The molecule has 1 aromatic heterocycles. The molecule has 2 aliphatic heterocycles. The van der Waals surface area contributed by atoms with E-state index in [-0.39, 0.29) is 23.9 Å². The highest BCUT2D eigenvalue weighted by Gasteiger charge is 2.43. The Labute approximate surface area is 171 Å². The molecular formula is C22H28N4O3. The number of nitrogens with one attached hydrogen (secondary N) is 1. The first-order chi connectivity index (χ1) is 14.0. The third-order valence-electron chi connectivity index (χ3n) is 6.17. The monoisotopic (exact) mass is 396 g/mol. The minimum Gasteiger partial charge on any atom is -0.487 e. The summed E-state index contributed by atoms with van der Waals surface area (Å²) < 4.78 is 8.38. The van der Waals surface area contributed by atoms with Crippen molar-refractivity contribution in [2.75, 3.05) is 13.6 Å². The molecule has 1 N–H and O–H groups in total. The van der Waals surface area contributed by atoms with Crippen LogP contribution in [0, 0.1) is 0 Å². The number of hydrogen-bond acceptors (Lipinski definition) is 4. The van der Waals surface area contributed by atoms with E-state index in [1.165, 1.54) is 0 Å². The first-order valence-electron chi connectivity index (χ1n) is 10.2. The van der Waals surface area contributed by atoms with Gasteiger partial charge >= 0.3 is 0 Å². The topological polar surface area (TPSA) is 76.5 Å². The molecule has 3 unspecified atom stereocenters. The van der Waals surface area contributed by atoms with Crippen molar-refractivity contribution in [3.05, 3.63) is 48.5 Å². The molecular weight excluding hydrogens is 368 g/mol. The van der Waals surface area contributed by atoms with Crippen LogP contribution in [0.5, 0.6) is 5.75 Å². The summed E-state index contributed by atoms with van der Waals surface area (Å²) in [7, 11) is 1.84. The minimum absolute atomic E-state index is 0.00451. The molecule has 0 saturated carbocycles. The summed E-state index contributed by atoms with van der Waals surface area (Å²) >= 11 is 0. The number of nitrogens with zero attached hydrogens (tertiary/aromatic N) is 3. The minimum atomic E-state index is -0.428. The predicted octanol–water partition coefficient (Wildman–Crippen LogP) is 2.86. The molecule has 3 atom stereocenters. The fraction of sp³-hybridized carbons (Fsp3) is 0.500. The van der Waals surface area contributed by atoms with E-state index in [4.69, 9.17) is 4.74 Å². The number of ether oxygens (including phenoxy) is 1. The number of fused-ring (bicyclic) bond motifs is 1. The van der Waals surface area contributed by atoms with Gasteiger partial charge in [-0.05, 0) is 19.4 Å². The van der Waals surface area contributed by atoms with Gasteiger partial charge in [0, 0.05) is 63.3 Å². The quantitative estimate of drug-likeness (QED) is 0.862. The second-order valence-corrected chi connectivity index (χ2v) is 8.28. The zero-order valence-corrected chi connectivity index (χ0v) is 17.0. The first-order valence-corrected chi connectivity index (χ1v) is 10.2. The summed E-state index contributed by atoms with van der Waals surface area (Å²) in [5.74, 6) is 0.965. The van der Waals surface area contributed by atoms with Crippen molar-refractivity contribution in [3.63, 3.8) is 0 Å². The molecule has 1 fully saturated rings. The Morgan fingerprint density at radius 2 is 2.21 bits per heavy atom. The molecule has 2 amide bonds. The van der Waals surface area contributed by atoms with Crippen LogP contribution in [0.25, 0.3) is 0 Å². The van der Waals surface area contributed by atoms with Crippen LogP contribution in [0.3, 0.4) is 0 Å². The summed E-state index contributed by atoms with van der Waals surface area (Å²) in [6, 6.07) is 7.80. The van der Waals surface area contributed by atoms with Gasteiger partial charge in [0.15, 0.2) is 0 Å². The first kappa shape index (κ1) is 19.5. The molecule has 4 rings (SSSR count). The van der Waals surface area contributed by atoms with E-state index >= 15 is 0 Å². The zero-order chi connectivity index (χ0) is 20.4. The number of aromatic nitrogens is 2. The number of para-hydroxylation sites is 1. The SMILES string of the molecule is CC(CC(=O)NC1CC2(CCC(=O)N(C)CC2)Oc2ccccc21)n1ccnc1. The van der Waals surface area contributed by atoms with Crippen molar-refractivity contribution in [2.24, 2.45) is 0 Å². The van der Waals surface area contributed by atoms with Crippen molar-refractivity contribution >= 4 is 11.8 Å². The molecule has 7 nitrogen and oxygen atoms in total. The highest BCUT2D eigenvalue weighted by Crippen LogP contribution is 2.44. The summed E-state index contributed by atoms with van der Waals surface area (Å²) in [4.78, 5) is 30.8. The summed E-state index contributed by atoms with van der Waals surface area (Å²) in [6.45, 7) is 2.67. The van der Waals surface area contributed by atoms with Crippen molar-refractivity contribution < 1.29 is 14.3 Å². The van der Waals surface area contributed by atoms with Crippen molar-refractivity contribution in [2.45, 2.75) is 56.7 Å². The average molecular weight is 396 g/mol. The summed E-state index contributed by atoms with van der Waals surface area (Å²) in [5.41, 5.74) is 0.577. The molecule has 2 aromatic rings. The van der Waals surface area contributed by atoms with Crippen LogP contribution < -0.4 is 10.1 Å². The maximum Gasteiger partial charge on any atom is 0.222 e. The average Bonchev–Trinajstić information content (AvgIpc) is 3.21. The number of benzene rings is 1. The van der Waals surface area contributed by atoms with Gasteiger partial charge in [-0.15, -0.1) is 0 Å². The number of amides is 2. The van der Waals surface area contributed by atoms with Crippen LogP contribution in [0.4, 0.5) is 0 Å². The molecule has 1 spiro atoms. The van der Waals surface area contributed by atoms with Crippen LogP contribution in [0.15, 0.2) is 43.0 Å². The summed E-state index contributed by atoms with van der Waals surface area (Å²) in [5, 5.41) is 3.23. The van der Waals surface area contributed by atoms with Gasteiger partial charge in [-0.25, -0.2) is 4.98 Å². The van der Waals surface area contributed by atoms with Crippen molar-refractivity contribution in [1.29, 1.82) is 0 Å². The van der Waals surface area contributed by atoms with Gasteiger partial charge in [0.2, 0.25) is 11.8 Å². The molecule has 1 saturated heterocycles. The van der Waals surface area contributed by atoms with Crippen LogP contribution in [0.1, 0.15) is 56.7 Å². The van der Waals surface area contributed by atoms with Gasteiger partial charge in [-0.1, -0.05) is 18.2 Å². The highest BCUT2D eigenvalue weighted by atomic mass is 16.5. The van der Waals surface area contributed by atoms with Gasteiger partial charge in [0.1, 0.15) is 11.4 Å². The number of carbonyl (C=O) groups excluding carboxylic acids is 2. The molecule has 1 aromatic carbocycles. The van der Waals surface area contributed by atoms with E-state index in [0.717, 1.165) is 17.7 Å². The molecule has 3 heterocycles. The van der Waals surface area contributed by atoms with E-state index in [1.807, 2.05) is 49.0 Å². The lowest BCUT2D eigenvalue weighted by Crippen LogP contribution is -2.46. The van der Waals surface area contributed by atoms with E-state index in [9.17, 15) is 9.59 Å². The lowest BCUT2D eigenvalue weighted by molar-refractivity contribution is -0.129. The van der Waals surface area contributed by atoms with Crippen molar-refractivity contribution in [3.8, 4) is 5.75 Å². The third kappa shape index (κ3) is 4.13. The van der Waals surface area contributed by atoms with E-state index in [0.29, 0.717) is 32.2 Å². The predicted molar refractivity (Wildman–Crippen MR) is 108 cm³/mol. The number of likely N-dealkylation sites (tertiary alicyclic amines) is 1. The lowest BCUT2D eigenvalue weighted by atomic mass is 9.82. The van der Waals surface area contributed by atoms with Gasteiger partial charge in [-0.3, -0.25) is 9.59 Å². The van der Waals surface area contributed by atoms with Crippen LogP contribution >= 0.6 is 0 Å². The second-order valence-electron chi connectivity index (χ2n) is 8.28. The highest BCUT2D eigenvalue weighted by molar-refractivity contribution is 5.77. The Morgan fingerprint density at radius 3 is 3.00 bits per heavy atom. The number of imidazole rings is 1. The largest absolute Gasteiger partial charge is 0.487 e. The fourth-order valence-electron chi connectivity index (χ4n) is 4.36. The van der Waals surface area contributed by atoms with E-state index < -0.39 is 5.60 Å². The Kier molecular flexibility index (Phi) is 5.30. The number of carbonyl (C=O) groups is 2. The lowest BCUT2D eigenvalue weighted by Gasteiger charge is -2.42. The van der Waals surface area contributed by atoms with E-state index in [1.54, 1.807) is 17.4 Å².